The molecule has 31 heavy (non-hydrogen) atoms. The predicted molar refractivity (Wildman–Crippen MR) is 109 cm³/mol. The molecule has 1 N–H and O–H groups in total. The zero-order valence-electron chi connectivity index (χ0n) is 16.2. The van der Waals surface area contributed by atoms with Crippen molar-refractivity contribution >= 4 is 34.6 Å². The number of hydrogen-bond acceptors (Lipinski definition) is 6. The van der Waals surface area contributed by atoms with Crippen molar-refractivity contribution in [3.05, 3.63) is 59.7 Å². The summed E-state index contributed by atoms with van der Waals surface area (Å²) >= 11 is 0. The summed E-state index contributed by atoms with van der Waals surface area (Å²) < 4.78 is 46.7. The van der Waals surface area contributed by atoms with Crippen molar-refractivity contribution in [3.8, 4) is 0 Å². The lowest BCUT2D eigenvalue weighted by Gasteiger charge is -2.32. The molecule has 2 aromatic carbocycles. The Morgan fingerprint density at radius 2 is 1.81 bits per heavy atom. The lowest BCUT2D eigenvalue weighted by atomic mass is 9.77. The number of ketones is 1. The van der Waals surface area contributed by atoms with Crippen LogP contribution in [0.15, 0.2) is 62.9 Å². The van der Waals surface area contributed by atoms with Crippen LogP contribution in [0.4, 0.5) is 19.2 Å². The Morgan fingerprint density at radius 3 is 2.61 bits per heavy atom. The minimum absolute atomic E-state index is 0.0421. The van der Waals surface area contributed by atoms with Crippen LogP contribution in [0, 0.1) is 5.92 Å². The van der Waals surface area contributed by atoms with E-state index < -0.39 is 23.7 Å². The molecule has 9 heteroatoms. The highest BCUT2D eigenvalue weighted by molar-refractivity contribution is 6.14. The number of halogens is 3. The summed E-state index contributed by atoms with van der Waals surface area (Å²) in [5.41, 5.74) is 0.869. The van der Waals surface area contributed by atoms with E-state index in [4.69, 9.17) is 4.42 Å². The number of Topliss-reactive ketones (excluding diaryl/α,β-unsaturated/α-hetero) is 1. The highest BCUT2D eigenvalue weighted by Crippen LogP contribution is 2.42. The molecule has 1 aliphatic carbocycles. The number of alkyl halides is 3. The number of anilines is 1. The number of nitrogens with one attached hydrogen (secondary N) is 1. The minimum Gasteiger partial charge on any atom is -0.423 e. The Labute approximate surface area is 174 Å². The minimum atomic E-state index is -4.56. The second-order valence-electron chi connectivity index (χ2n) is 7.49. The third-order valence-electron chi connectivity index (χ3n) is 5.49. The summed E-state index contributed by atoms with van der Waals surface area (Å²) in [7, 11) is 0. The van der Waals surface area contributed by atoms with E-state index in [1.54, 1.807) is 18.2 Å². The van der Waals surface area contributed by atoms with E-state index in [0.29, 0.717) is 36.1 Å². The van der Waals surface area contributed by atoms with Crippen molar-refractivity contribution in [2.45, 2.75) is 31.5 Å². The molecular formula is C22H17F3N4O2. The fourth-order valence-corrected chi connectivity index (χ4v) is 4.14. The van der Waals surface area contributed by atoms with E-state index in [-0.39, 0.29) is 23.3 Å². The van der Waals surface area contributed by atoms with Crippen molar-refractivity contribution < 1.29 is 22.4 Å². The summed E-state index contributed by atoms with van der Waals surface area (Å²) in [6.45, 7) is 0. The van der Waals surface area contributed by atoms with Gasteiger partial charge in [0.15, 0.2) is 5.58 Å². The first-order valence-electron chi connectivity index (χ1n) is 9.87. The normalized spacial score (nSPS) is 21.5. The van der Waals surface area contributed by atoms with Gasteiger partial charge < -0.3 is 4.42 Å². The Morgan fingerprint density at radius 1 is 1.03 bits per heavy atom. The highest BCUT2D eigenvalue weighted by atomic mass is 19.4. The Kier molecular flexibility index (Phi) is 4.60. The van der Waals surface area contributed by atoms with Gasteiger partial charge in [-0.2, -0.15) is 18.2 Å². The molecule has 5 rings (SSSR count). The first-order chi connectivity index (χ1) is 14.9. The summed E-state index contributed by atoms with van der Waals surface area (Å²) in [5, 5.41) is 2.87. The van der Waals surface area contributed by atoms with E-state index in [0.717, 1.165) is 6.07 Å². The predicted octanol–water partition coefficient (Wildman–Crippen LogP) is 5.18. The SMILES string of the molecule is O=C1CCCC2=NC(Nc3nc4ccccc4o3)=NC(c3ccccc3C(F)(F)F)C12. The van der Waals surface area contributed by atoms with Crippen LogP contribution in [0.5, 0.6) is 0 Å². The molecule has 0 spiro atoms. The largest absolute Gasteiger partial charge is 0.423 e. The molecule has 0 amide bonds. The third-order valence-corrected chi connectivity index (χ3v) is 5.49. The van der Waals surface area contributed by atoms with E-state index in [2.05, 4.69) is 20.3 Å². The Hall–Kier alpha value is -3.49. The molecule has 6 nitrogen and oxygen atoms in total. The maximum atomic E-state index is 13.7. The number of hydrogen-bond donors (Lipinski definition) is 1. The zero-order valence-corrected chi connectivity index (χ0v) is 16.2. The van der Waals surface area contributed by atoms with Gasteiger partial charge in [-0.25, -0.2) is 9.98 Å². The number of aliphatic imine (C=N–C) groups is 2. The van der Waals surface area contributed by atoms with Crippen LogP contribution in [-0.4, -0.2) is 22.4 Å². The fourth-order valence-electron chi connectivity index (χ4n) is 4.14. The van der Waals surface area contributed by atoms with E-state index >= 15 is 0 Å². The molecule has 2 heterocycles. The van der Waals surface area contributed by atoms with Gasteiger partial charge in [-0.15, -0.1) is 0 Å². The number of para-hydroxylation sites is 2. The Balaban J connectivity index is 1.58. The number of carbonyl (C=O) groups excluding carboxylic acids is 1. The van der Waals surface area contributed by atoms with E-state index in [1.165, 1.54) is 18.2 Å². The molecule has 1 aliphatic heterocycles. The molecule has 1 fully saturated rings. The molecule has 0 bridgehead atoms. The number of nitrogens with zero attached hydrogens (tertiary/aromatic N) is 3. The van der Waals surface area contributed by atoms with Crippen molar-refractivity contribution in [2.75, 3.05) is 5.32 Å². The zero-order chi connectivity index (χ0) is 21.6. The van der Waals surface area contributed by atoms with Crippen LogP contribution in [0.3, 0.4) is 0 Å². The van der Waals surface area contributed by atoms with Crippen LogP contribution in [0.1, 0.15) is 36.4 Å². The van der Waals surface area contributed by atoms with Crippen LogP contribution in [0.25, 0.3) is 11.1 Å². The van der Waals surface area contributed by atoms with Crippen molar-refractivity contribution in [2.24, 2.45) is 15.9 Å². The molecule has 2 aliphatic rings. The fraction of sp³-hybridized carbons (Fsp3) is 0.273. The first-order valence-corrected chi connectivity index (χ1v) is 9.87. The lowest BCUT2D eigenvalue weighted by Crippen LogP contribution is -2.38. The second-order valence-corrected chi connectivity index (χ2v) is 7.49. The van der Waals surface area contributed by atoms with Gasteiger partial charge in [0.2, 0.25) is 5.96 Å². The van der Waals surface area contributed by atoms with Gasteiger partial charge in [-0.05, 0) is 36.6 Å². The van der Waals surface area contributed by atoms with E-state index in [1.807, 2.05) is 6.07 Å². The maximum Gasteiger partial charge on any atom is 0.416 e. The monoisotopic (exact) mass is 426 g/mol. The van der Waals surface area contributed by atoms with Crippen LogP contribution >= 0.6 is 0 Å². The molecule has 158 valence electrons. The topological polar surface area (TPSA) is 79.9 Å². The lowest BCUT2D eigenvalue weighted by molar-refractivity contribution is -0.138. The highest BCUT2D eigenvalue weighted by Gasteiger charge is 2.43. The average molecular weight is 426 g/mol. The molecule has 3 aromatic rings. The van der Waals surface area contributed by atoms with Gasteiger partial charge in [-0.3, -0.25) is 10.1 Å². The van der Waals surface area contributed by atoms with E-state index in [9.17, 15) is 18.0 Å². The average Bonchev–Trinajstić information content (AvgIpc) is 3.15. The van der Waals surface area contributed by atoms with Gasteiger partial charge in [0, 0.05) is 12.1 Å². The van der Waals surface area contributed by atoms with Crippen molar-refractivity contribution in [3.63, 3.8) is 0 Å². The van der Waals surface area contributed by atoms with Crippen LogP contribution < -0.4 is 5.32 Å². The second kappa shape index (κ2) is 7.33. The van der Waals surface area contributed by atoms with Gasteiger partial charge in [0.1, 0.15) is 11.3 Å². The quantitative estimate of drug-likeness (QED) is 0.612. The van der Waals surface area contributed by atoms with Gasteiger partial charge in [0.25, 0.3) is 0 Å². The number of aromatic nitrogens is 1. The number of fused-ring (bicyclic) bond motifs is 2. The molecule has 2 unspecified atom stereocenters. The summed E-state index contributed by atoms with van der Waals surface area (Å²) in [5.74, 6) is -0.863. The van der Waals surface area contributed by atoms with Crippen molar-refractivity contribution in [1.82, 2.24) is 4.98 Å². The van der Waals surface area contributed by atoms with Crippen molar-refractivity contribution in [1.29, 1.82) is 0 Å². The third kappa shape index (κ3) is 3.60. The van der Waals surface area contributed by atoms with Gasteiger partial charge in [-0.1, -0.05) is 30.3 Å². The number of oxazole rings is 1. The molecule has 0 saturated heterocycles. The maximum absolute atomic E-state index is 13.7. The summed E-state index contributed by atoms with van der Waals surface area (Å²) in [6, 6.07) is 11.5. The first kappa shape index (κ1) is 19.5. The van der Waals surface area contributed by atoms with Gasteiger partial charge >= 0.3 is 12.2 Å². The van der Waals surface area contributed by atoms with Gasteiger partial charge in [0.05, 0.1) is 17.5 Å². The Bertz CT molecular complexity index is 1200. The molecule has 2 atom stereocenters. The molecular weight excluding hydrogens is 409 g/mol. The molecule has 1 aromatic heterocycles. The smallest absolute Gasteiger partial charge is 0.416 e. The number of rotatable bonds is 2. The molecule has 0 radical (unpaired) electrons. The van der Waals surface area contributed by atoms with Crippen LogP contribution in [-0.2, 0) is 11.0 Å². The molecule has 1 saturated carbocycles. The summed E-state index contributed by atoms with van der Waals surface area (Å²) in [4.78, 5) is 25.8. The standard InChI is InChI=1S/C22H17F3N4O2/c23-22(24,25)13-7-2-1-6-12(13)19-18-15(9-5-10-16(18)30)26-20(28-19)29-21-27-14-8-3-4-11-17(14)31-21/h1-4,6-8,11,18-19H,5,9-10H2,(H,27,28,29). The van der Waals surface area contributed by atoms with Crippen LogP contribution in [0.2, 0.25) is 0 Å². The number of carbonyl (C=O) groups is 1. The number of guanidine groups is 1. The number of benzene rings is 2. The summed E-state index contributed by atoms with van der Waals surface area (Å²) in [6.07, 6.45) is -3.13.